The second-order valence-electron chi connectivity index (χ2n) is 3.83. The standard InChI is InChI=1S/C14H14O4/c1-9-6-7-18-14(9)13(15)11-8-10(16-2)4-5-12(11)17-3/h4-8H,1-3H3. The van der Waals surface area contributed by atoms with Crippen LogP contribution in [0.4, 0.5) is 0 Å². The Bertz CT molecular complexity index is 569. The first-order valence-electron chi connectivity index (χ1n) is 5.48. The van der Waals surface area contributed by atoms with Gasteiger partial charge in [0.2, 0.25) is 5.78 Å². The van der Waals surface area contributed by atoms with Crippen molar-refractivity contribution in [3.63, 3.8) is 0 Å². The van der Waals surface area contributed by atoms with E-state index in [4.69, 9.17) is 13.9 Å². The molecule has 0 saturated heterocycles. The monoisotopic (exact) mass is 246 g/mol. The number of carbonyl (C=O) groups excluding carboxylic acids is 1. The average Bonchev–Trinajstić information content (AvgIpc) is 2.83. The molecule has 0 aliphatic carbocycles. The largest absolute Gasteiger partial charge is 0.497 e. The minimum atomic E-state index is -0.215. The van der Waals surface area contributed by atoms with E-state index in [-0.39, 0.29) is 5.78 Å². The quantitative estimate of drug-likeness (QED) is 0.778. The normalized spacial score (nSPS) is 10.2. The number of methoxy groups -OCH3 is 2. The molecular formula is C14H14O4. The van der Waals surface area contributed by atoms with Gasteiger partial charge in [0, 0.05) is 0 Å². The smallest absolute Gasteiger partial charge is 0.232 e. The lowest BCUT2D eigenvalue weighted by Crippen LogP contribution is -2.04. The molecule has 1 aromatic heterocycles. The van der Waals surface area contributed by atoms with Gasteiger partial charge in [-0.2, -0.15) is 0 Å². The molecule has 2 rings (SSSR count). The Kier molecular flexibility index (Phi) is 3.37. The number of benzene rings is 1. The van der Waals surface area contributed by atoms with Crippen LogP contribution in [0.2, 0.25) is 0 Å². The molecule has 4 nitrogen and oxygen atoms in total. The molecule has 0 aliphatic rings. The predicted octanol–water partition coefficient (Wildman–Crippen LogP) is 2.84. The Balaban J connectivity index is 2.49. The maximum Gasteiger partial charge on any atom is 0.232 e. The van der Waals surface area contributed by atoms with Crippen molar-refractivity contribution in [1.29, 1.82) is 0 Å². The van der Waals surface area contributed by atoms with Gasteiger partial charge in [-0.3, -0.25) is 4.79 Å². The van der Waals surface area contributed by atoms with Gasteiger partial charge in [-0.25, -0.2) is 0 Å². The Morgan fingerprint density at radius 3 is 2.50 bits per heavy atom. The zero-order valence-electron chi connectivity index (χ0n) is 10.5. The van der Waals surface area contributed by atoms with Crippen LogP contribution in [-0.2, 0) is 0 Å². The number of ketones is 1. The van der Waals surface area contributed by atoms with E-state index in [1.807, 2.05) is 6.92 Å². The van der Waals surface area contributed by atoms with Crippen molar-refractivity contribution in [2.45, 2.75) is 6.92 Å². The highest BCUT2D eigenvalue weighted by Gasteiger charge is 2.19. The summed E-state index contributed by atoms with van der Waals surface area (Å²) in [5.74, 6) is 1.20. The highest BCUT2D eigenvalue weighted by atomic mass is 16.5. The summed E-state index contributed by atoms with van der Waals surface area (Å²) < 4.78 is 15.5. The van der Waals surface area contributed by atoms with Crippen LogP contribution in [0.25, 0.3) is 0 Å². The second kappa shape index (κ2) is 4.96. The van der Waals surface area contributed by atoms with Crippen molar-refractivity contribution in [2.75, 3.05) is 14.2 Å². The minimum absolute atomic E-state index is 0.215. The van der Waals surface area contributed by atoms with Crippen molar-refractivity contribution in [2.24, 2.45) is 0 Å². The topological polar surface area (TPSA) is 48.7 Å². The summed E-state index contributed by atoms with van der Waals surface area (Å²) in [6.07, 6.45) is 1.50. The molecule has 4 heteroatoms. The van der Waals surface area contributed by atoms with Crippen molar-refractivity contribution in [3.8, 4) is 11.5 Å². The van der Waals surface area contributed by atoms with E-state index in [1.165, 1.54) is 13.4 Å². The molecule has 0 radical (unpaired) electrons. The number of rotatable bonds is 4. The van der Waals surface area contributed by atoms with Crippen molar-refractivity contribution in [1.82, 2.24) is 0 Å². The van der Waals surface area contributed by atoms with Crippen molar-refractivity contribution in [3.05, 3.63) is 47.4 Å². The molecule has 94 valence electrons. The SMILES string of the molecule is COc1ccc(OC)c(C(=O)c2occc2C)c1. The predicted molar refractivity (Wildman–Crippen MR) is 66.4 cm³/mol. The molecule has 0 aliphatic heterocycles. The molecule has 0 N–H and O–H groups in total. The molecule has 0 fully saturated rings. The van der Waals surface area contributed by atoms with Crippen molar-refractivity contribution < 1.29 is 18.7 Å². The van der Waals surface area contributed by atoms with E-state index >= 15 is 0 Å². The molecule has 0 saturated carbocycles. The van der Waals surface area contributed by atoms with Gasteiger partial charge in [0.05, 0.1) is 26.0 Å². The molecule has 0 amide bonds. The molecule has 0 unspecified atom stereocenters. The van der Waals surface area contributed by atoms with Crippen LogP contribution < -0.4 is 9.47 Å². The summed E-state index contributed by atoms with van der Waals surface area (Å²) in [4.78, 5) is 12.3. The van der Waals surface area contributed by atoms with Gasteiger partial charge in [-0.1, -0.05) is 0 Å². The van der Waals surface area contributed by atoms with Gasteiger partial charge in [0.1, 0.15) is 11.5 Å². The first kappa shape index (κ1) is 12.2. The van der Waals surface area contributed by atoms with Gasteiger partial charge >= 0.3 is 0 Å². The van der Waals surface area contributed by atoms with Gasteiger partial charge < -0.3 is 13.9 Å². The number of ether oxygens (including phenoxy) is 2. The summed E-state index contributed by atoms with van der Waals surface area (Å²) >= 11 is 0. The van der Waals surface area contributed by atoms with Crippen LogP contribution in [-0.4, -0.2) is 20.0 Å². The Labute approximate surface area is 105 Å². The number of furan rings is 1. The number of hydrogen-bond donors (Lipinski definition) is 0. The van der Waals surface area contributed by atoms with Crippen LogP contribution in [0.15, 0.2) is 34.9 Å². The lowest BCUT2D eigenvalue weighted by molar-refractivity contribution is 0.100. The Hall–Kier alpha value is -2.23. The fraction of sp³-hybridized carbons (Fsp3) is 0.214. The van der Waals surface area contributed by atoms with Crippen LogP contribution in [0.3, 0.4) is 0 Å². The maximum atomic E-state index is 12.3. The Morgan fingerprint density at radius 2 is 1.94 bits per heavy atom. The summed E-state index contributed by atoms with van der Waals surface area (Å²) in [7, 11) is 3.07. The number of aryl methyl sites for hydroxylation is 1. The highest BCUT2D eigenvalue weighted by Crippen LogP contribution is 2.27. The molecular weight excluding hydrogens is 232 g/mol. The van der Waals surface area contributed by atoms with E-state index in [1.54, 1.807) is 31.4 Å². The van der Waals surface area contributed by atoms with E-state index in [9.17, 15) is 4.79 Å². The maximum absolute atomic E-state index is 12.3. The van der Waals surface area contributed by atoms with Gasteiger partial charge in [-0.15, -0.1) is 0 Å². The van der Waals surface area contributed by atoms with E-state index < -0.39 is 0 Å². The third-order valence-corrected chi connectivity index (χ3v) is 2.72. The zero-order chi connectivity index (χ0) is 13.1. The molecule has 0 bridgehead atoms. The second-order valence-corrected chi connectivity index (χ2v) is 3.83. The number of carbonyl (C=O) groups is 1. The van der Waals surface area contributed by atoms with Gasteiger partial charge in [-0.05, 0) is 36.8 Å². The zero-order valence-corrected chi connectivity index (χ0v) is 10.5. The molecule has 0 atom stereocenters. The van der Waals surface area contributed by atoms with E-state index in [2.05, 4.69) is 0 Å². The summed E-state index contributed by atoms with van der Waals surface area (Å²) in [5, 5.41) is 0. The molecule has 0 spiro atoms. The van der Waals surface area contributed by atoms with Gasteiger partial charge in [0.25, 0.3) is 0 Å². The van der Waals surface area contributed by atoms with Crippen LogP contribution in [0.5, 0.6) is 11.5 Å². The van der Waals surface area contributed by atoms with Crippen molar-refractivity contribution >= 4 is 5.78 Å². The third-order valence-electron chi connectivity index (χ3n) is 2.72. The van der Waals surface area contributed by atoms with Crippen LogP contribution >= 0.6 is 0 Å². The summed E-state index contributed by atoms with van der Waals surface area (Å²) in [6, 6.07) is 6.83. The first-order valence-corrected chi connectivity index (χ1v) is 5.48. The van der Waals surface area contributed by atoms with E-state index in [0.29, 0.717) is 22.8 Å². The highest BCUT2D eigenvalue weighted by molar-refractivity contribution is 6.10. The molecule has 1 aromatic carbocycles. The average molecular weight is 246 g/mol. The lowest BCUT2D eigenvalue weighted by atomic mass is 10.1. The van der Waals surface area contributed by atoms with E-state index in [0.717, 1.165) is 5.56 Å². The van der Waals surface area contributed by atoms with Gasteiger partial charge in [0.15, 0.2) is 5.76 Å². The first-order chi connectivity index (χ1) is 8.67. The number of hydrogen-bond acceptors (Lipinski definition) is 4. The fourth-order valence-electron chi connectivity index (χ4n) is 1.72. The summed E-state index contributed by atoms with van der Waals surface area (Å²) in [6.45, 7) is 1.82. The summed E-state index contributed by atoms with van der Waals surface area (Å²) in [5.41, 5.74) is 1.22. The fourth-order valence-corrected chi connectivity index (χ4v) is 1.72. The van der Waals surface area contributed by atoms with Crippen LogP contribution in [0.1, 0.15) is 21.7 Å². The lowest BCUT2D eigenvalue weighted by Gasteiger charge is -2.08. The Morgan fingerprint density at radius 1 is 1.17 bits per heavy atom. The third kappa shape index (κ3) is 2.09. The molecule has 2 aromatic rings. The molecule has 1 heterocycles. The molecule has 18 heavy (non-hydrogen) atoms. The van der Waals surface area contributed by atoms with Crippen LogP contribution in [0, 0.1) is 6.92 Å². The minimum Gasteiger partial charge on any atom is -0.497 e.